The number of carbonyl (C=O) groups excluding carboxylic acids is 1. The number of carbonyl (C=O) groups is 1. The lowest BCUT2D eigenvalue weighted by Gasteiger charge is -2.32. The number of hydrogen-bond acceptors (Lipinski definition) is 5. The molecule has 0 unspecified atom stereocenters. The van der Waals surface area contributed by atoms with E-state index in [9.17, 15) is 4.79 Å². The number of likely N-dealkylation sites (N-methyl/N-ethyl adjacent to an activating group) is 1. The van der Waals surface area contributed by atoms with Crippen LogP contribution in [-0.2, 0) is 0 Å². The van der Waals surface area contributed by atoms with Crippen LogP contribution in [0.2, 0.25) is 0 Å². The third kappa shape index (κ3) is 4.14. The van der Waals surface area contributed by atoms with Crippen molar-refractivity contribution < 1.29 is 4.79 Å². The fraction of sp³-hybridized carbons (Fsp3) is 0.421. The summed E-state index contributed by atoms with van der Waals surface area (Å²) in [6.45, 7) is 8.09. The number of anilines is 2. The molecule has 0 saturated carbocycles. The Morgan fingerprint density at radius 3 is 2.40 bits per heavy atom. The van der Waals surface area contributed by atoms with Crippen LogP contribution >= 0.6 is 0 Å². The molecule has 0 aliphatic carbocycles. The van der Waals surface area contributed by atoms with Crippen LogP contribution in [0.3, 0.4) is 0 Å². The van der Waals surface area contributed by atoms with Crippen molar-refractivity contribution in [2.24, 2.45) is 0 Å². The van der Waals surface area contributed by atoms with E-state index in [2.05, 4.69) is 46.2 Å². The van der Waals surface area contributed by atoms with E-state index in [-0.39, 0.29) is 5.91 Å². The van der Waals surface area contributed by atoms with Gasteiger partial charge in [-0.05, 0) is 36.7 Å². The highest BCUT2D eigenvalue weighted by Crippen LogP contribution is 2.24. The number of benzene rings is 1. The van der Waals surface area contributed by atoms with Gasteiger partial charge in [-0.25, -0.2) is 0 Å². The lowest BCUT2D eigenvalue weighted by Crippen LogP contribution is -2.44. The summed E-state index contributed by atoms with van der Waals surface area (Å²) in [6.07, 6.45) is 0. The van der Waals surface area contributed by atoms with Gasteiger partial charge in [0.05, 0.1) is 0 Å². The first-order chi connectivity index (χ1) is 12.0. The minimum absolute atomic E-state index is 0.231. The normalized spacial score (nSPS) is 15.4. The zero-order valence-corrected chi connectivity index (χ0v) is 15.1. The Kier molecular flexibility index (Phi) is 5.28. The number of para-hydroxylation sites is 1. The maximum Gasteiger partial charge on any atom is 0.276 e. The third-order valence-corrected chi connectivity index (χ3v) is 4.54. The molecule has 6 nitrogen and oxygen atoms in total. The van der Waals surface area contributed by atoms with Gasteiger partial charge in [-0.2, -0.15) is 0 Å². The van der Waals surface area contributed by atoms with Gasteiger partial charge in [0, 0.05) is 31.9 Å². The Morgan fingerprint density at radius 1 is 1.04 bits per heavy atom. The van der Waals surface area contributed by atoms with Crippen LogP contribution in [0.4, 0.5) is 11.5 Å². The van der Waals surface area contributed by atoms with Gasteiger partial charge < -0.3 is 15.1 Å². The van der Waals surface area contributed by atoms with E-state index >= 15 is 0 Å². The van der Waals surface area contributed by atoms with Crippen molar-refractivity contribution in [3.8, 4) is 0 Å². The molecule has 1 aliphatic heterocycles. The molecule has 6 heteroatoms. The standard InChI is InChI=1S/C19H25N5O/c1-14(2)15-6-4-5-7-16(15)20-19(25)17-8-9-18(22-21-17)24-12-10-23(3)11-13-24/h4-9,14H,10-13H2,1-3H3,(H,20,25). The zero-order chi connectivity index (χ0) is 17.8. The molecule has 1 amide bonds. The average Bonchev–Trinajstić information content (AvgIpc) is 2.63. The van der Waals surface area contributed by atoms with E-state index in [0.717, 1.165) is 43.2 Å². The molecule has 1 N–H and O–H groups in total. The van der Waals surface area contributed by atoms with Crippen molar-refractivity contribution in [2.45, 2.75) is 19.8 Å². The van der Waals surface area contributed by atoms with E-state index in [0.29, 0.717) is 11.6 Å². The number of nitrogens with zero attached hydrogens (tertiary/aromatic N) is 4. The molecule has 0 atom stereocenters. The first-order valence-electron chi connectivity index (χ1n) is 8.72. The smallest absolute Gasteiger partial charge is 0.276 e. The predicted molar refractivity (Wildman–Crippen MR) is 100 cm³/mol. The second-order valence-electron chi connectivity index (χ2n) is 6.76. The highest BCUT2D eigenvalue weighted by atomic mass is 16.1. The Labute approximate surface area is 148 Å². The summed E-state index contributed by atoms with van der Waals surface area (Å²) in [5.41, 5.74) is 2.27. The van der Waals surface area contributed by atoms with Crippen LogP contribution in [-0.4, -0.2) is 54.2 Å². The number of aromatic nitrogens is 2. The fourth-order valence-corrected chi connectivity index (χ4v) is 2.95. The second-order valence-corrected chi connectivity index (χ2v) is 6.76. The Morgan fingerprint density at radius 2 is 1.76 bits per heavy atom. The summed E-state index contributed by atoms with van der Waals surface area (Å²) >= 11 is 0. The molecule has 25 heavy (non-hydrogen) atoms. The van der Waals surface area contributed by atoms with Crippen molar-refractivity contribution >= 4 is 17.4 Å². The van der Waals surface area contributed by atoms with E-state index in [1.54, 1.807) is 6.07 Å². The van der Waals surface area contributed by atoms with Gasteiger partial charge in [0.25, 0.3) is 5.91 Å². The van der Waals surface area contributed by atoms with Crippen molar-refractivity contribution in [3.05, 3.63) is 47.7 Å². The van der Waals surface area contributed by atoms with Crippen LogP contribution in [0.15, 0.2) is 36.4 Å². The summed E-state index contributed by atoms with van der Waals surface area (Å²) < 4.78 is 0. The molecule has 1 fully saturated rings. The second kappa shape index (κ2) is 7.61. The molecule has 132 valence electrons. The number of hydrogen-bond donors (Lipinski definition) is 1. The van der Waals surface area contributed by atoms with Gasteiger partial charge in [-0.1, -0.05) is 32.0 Å². The van der Waals surface area contributed by atoms with E-state index in [4.69, 9.17) is 0 Å². The molecule has 2 heterocycles. The SMILES string of the molecule is CC(C)c1ccccc1NC(=O)c1ccc(N2CCN(C)CC2)nn1. The van der Waals surface area contributed by atoms with Crippen LogP contribution in [0, 0.1) is 0 Å². The van der Waals surface area contributed by atoms with Crippen molar-refractivity contribution in [1.29, 1.82) is 0 Å². The van der Waals surface area contributed by atoms with Crippen LogP contribution in [0.1, 0.15) is 35.8 Å². The van der Waals surface area contributed by atoms with E-state index in [1.807, 2.05) is 30.3 Å². The van der Waals surface area contributed by atoms with Gasteiger partial charge in [-0.3, -0.25) is 4.79 Å². The maximum atomic E-state index is 12.5. The van der Waals surface area contributed by atoms with Crippen molar-refractivity contribution in [3.63, 3.8) is 0 Å². The highest BCUT2D eigenvalue weighted by Gasteiger charge is 2.17. The minimum atomic E-state index is -0.231. The lowest BCUT2D eigenvalue weighted by molar-refractivity contribution is 0.102. The molecule has 1 aromatic carbocycles. The maximum absolute atomic E-state index is 12.5. The van der Waals surface area contributed by atoms with E-state index in [1.165, 1.54) is 0 Å². The number of nitrogens with one attached hydrogen (secondary N) is 1. The fourth-order valence-electron chi connectivity index (χ4n) is 2.95. The number of amides is 1. The van der Waals surface area contributed by atoms with Gasteiger partial charge in [0.2, 0.25) is 0 Å². The predicted octanol–water partition coefficient (Wildman–Crippen LogP) is 2.60. The molecule has 0 spiro atoms. The van der Waals surface area contributed by atoms with Gasteiger partial charge >= 0.3 is 0 Å². The number of piperazine rings is 1. The molecule has 3 rings (SSSR count). The monoisotopic (exact) mass is 339 g/mol. The molecule has 2 aromatic rings. The molecule has 0 bridgehead atoms. The van der Waals surface area contributed by atoms with Crippen LogP contribution in [0.5, 0.6) is 0 Å². The van der Waals surface area contributed by atoms with Gasteiger partial charge in [0.1, 0.15) is 0 Å². The van der Waals surface area contributed by atoms with Crippen LogP contribution in [0.25, 0.3) is 0 Å². The summed E-state index contributed by atoms with van der Waals surface area (Å²) in [7, 11) is 2.12. The van der Waals surface area contributed by atoms with Crippen molar-refractivity contribution in [2.75, 3.05) is 43.4 Å². The van der Waals surface area contributed by atoms with E-state index < -0.39 is 0 Å². The average molecular weight is 339 g/mol. The first kappa shape index (κ1) is 17.4. The van der Waals surface area contributed by atoms with Gasteiger partial charge in [-0.15, -0.1) is 10.2 Å². The first-order valence-corrected chi connectivity index (χ1v) is 8.72. The Balaban J connectivity index is 1.69. The third-order valence-electron chi connectivity index (χ3n) is 4.54. The lowest BCUT2D eigenvalue weighted by atomic mass is 10.0. The number of rotatable bonds is 4. The minimum Gasteiger partial charge on any atom is -0.353 e. The quantitative estimate of drug-likeness (QED) is 0.928. The summed E-state index contributed by atoms with van der Waals surface area (Å²) in [5.74, 6) is 0.931. The summed E-state index contributed by atoms with van der Waals surface area (Å²) in [5, 5.41) is 11.3. The topological polar surface area (TPSA) is 61.4 Å². The van der Waals surface area contributed by atoms with Crippen LogP contribution < -0.4 is 10.2 Å². The largest absolute Gasteiger partial charge is 0.353 e. The molecule has 0 radical (unpaired) electrons. The highest BCUT2D eigenvalue weighted by molar-refractivity contribution is 6.03. The summed E-state index contributed by atoms with van der Waals surface area (Å²) in [4.78, 5) is 17.0. The molecule has 1 aliphatic rings. The molecule has 1 aromatic heterocycles. The Bertz CT molecular complexity index is 721. The summed E-state index contributed by atoms with van der Waals surface area (Å²) in [6, 6.07) is 11.5. The molecule has 1 saturated heterocycles. The molecular weight excluding hydrogens is 314 g/mol. The van der Waals surface area contributed by atoms with Crippen molar-refractivity contribution in [1.82, 2.24) is 15.1 Å². The zero-order valence-electron chi connectivity index (χ0n) is 15.1. The van der Waals surface area contributed by atoms with Gasteiger partial charge in [0.15, 0.2) is 11.5 Å². The molecular formula is C19H25N5O. The Hall–Kier alpha value is -2.47.